The number of rotatable bonds is 3. The third-order valence-corrected chi connectivity index (χ3v) is 6.19. The van der Waals surface area contributed by atoms with Crippen LogP contribution < -0.4 is 14.8 Å². The van der Waals surface area contributed by atoms with Crippen molar-refractivity contribution in [3.05, 3.63) is 59.1 Å². The minimum atomic E-state index is 0.659. The van der Waals surface area contributed by atoms with Crippen LogP contribution >= 0.6 is 0 Å². The van der Waals surface area contributed by atoms with Crippen molar-refractivity contribution in [3.8, 4) is 11.5 Å². The molecule has 0 radical (unpaired) electrons. The number of anilines is 1. The molecule has 0 atom stereocenters. The van der Waals surface area contributed by atoms with Crippen molar-refractivity contribution in [3.63, 3.8) is 0 Å². The quantitative estimate of drug-likeness (QED) is 0.806. The van der Waals surface area contributed by atoms with Crippen molar-refractivity contribution in [1.82, 2.24) is 9.88 Å². The van der Waals surface area contributed by atoms with Crippen LogP contribution in [0.15, 0.2) is 42.2 Å². The first-order valence-corrected chi connectivity index (χ1v) is 10.7. The molecule has 29 heavy (non-hydrogen) atoms. The number of nitrogens with one attached hydrogen (secondary N) is 2. The van der Waals surface area contributed by atoms with Gasteiger partial charge in [0.15, 0.2) is 11.5 Å². The summed E-state index contributed by atoms with van der Waals surface area (Å²) in [5.74, 6) is 2.31. The number of benzene rings is 1. The van der Waals surface area contributed by atoms with E-state index in [9.17, 15) is 0 Å². The molecule has 5 rings (SSSR count). The Hall–Kier alpha value is -2.66. The van der Waals surface area contributed by atoms with Gasteiger partial charge in [-0.1, -0.05) is 12.2 Å². The van der Waals surface area contributed by atoms with Crippen molar-refractivity contribution in [2.45, 2.75) is 31.6 Å². The number of hydrogen-bond acceptors (Lipinski definition) is 4. The minimum Gasteiger partial charge on any atom is -0.490 e. The highest BCUT2D eigenvalue weighted by molar-refractivity contribution is 5.66. The van der Waals surface area contributed by atoms with Gasteiger partial charge in [0.2, 0.25) is 0 Å². The summed E-state index contributed by atoms with van der Waals surface area (Å²) in [4.78, 5) is 5.96. The zero-order valence-corrected chi connectivity index (χ0v) is 17.0. The van der Waals surface area contributed by atoms with Crippen LogP contribution in [0.25, 0.3) is 6.08 Å². The van der Waals surface area contributed by atoms with Gasteiger partial charge >= 0.3 is 0 Å². The van der Waals surface area contributed by atoms with Gasteiger partial charge < -0.3 is 24.7 Å². The van der Waals surface area contributed by atoms with Crippen LogP contribution in [0, 0.1) is 0 Å². The number of fused-ring (bicyclic) bond motifs is 2. The van der Waals surface area contributed by atoms with Gasteiger partial charge in [-0.15, -0.1) is 0 Å². The monoisotopic (exact) mass is 391 g/mol. The van der Waals surface area contributed by atoms with Crippen molar-refractivity contribution >= 4 is 11.8 Å². The summed E-state index contributed by atoms with van der Waals surface area (Å²) in [6, 6.07) is 6.07. The van der Waals surface area contributed by atoms with Gasteiger partial charge in [-0.05, 0) is 68.2 Å². The molecule has 0 spiro atoms. The fraction of sp³-hybridized carbons (Fsp3) is 0.417. The van der Waals surface area contributed by atoms with Gasteiger partial charge in [-0.25, -0.2) is 0 Å². The van der Waals surface area contributed by atoms with Crippen molar-refractivity contribution < 1.29 is 9.47 Å². The highest BCUT2D eigenvalue weighted by Gasteiger charge is 2.23. The molecule has 0 unspecified atom stereocenters. The van der Waals surface area contributed by atoms with E-state index in [1.165, 1.54) is 42.8 Å². The average Bonchev–Trinajstić information content (AvgIpc) is 2.88. The molecular formula is C24H29N3O2. The first kappa shape index (κ1) is 18.4. The van der Waals surface area contributed by atoms with E-state index in [0.29, 0.717) is 19.1 Å². The minimum absolute atomic E-state index is 0.659. The lowest BCUT2D eigenvalue weighted by atomic mass is 9.88. The Kier molecular flexibility index (Phi) is 5.06. The van der Waals surface area contributed by atoms with E-state index in [1.54, 1.807) is 0 Å². The van der Waals surface area contributed by atoms with Crippen LogP contribution in [-0.4, -0.2) is 43.2 Å². The molecule has 0 saturated carbocycles. The molecule has 5 nitrogen and oxygen atoms in total. The van der Waals surface area contributed by atoms with Crippen LogP contribution in [0.4, 0.5) is 5.69 Å². The molecule has 1 fully saturated rings. The van der Waals surface area contributed by atoms with E-state index in [2.05, 4.69) is 52.7 Å². The van der Waals surface area contributed by atoms with Crippen molar-refractivity contribution in [1.29, 1.82) is 0 Å². The van der Waals surface area contributed by atoms with E-state index in [0.717, 1.165) is 35.7 Å². The number of H-pyrrole nitrogens is 1. The second-order valence-corrected chi connectivity index (χ2v) is 8.25. The van der Waals surface area contributed by atoms with Crippen LogP contribution in [0.5, 0.6) is 11.5 Å². The molecular weight excluding hydrogens is 362 g/mol. The number of allylic oxidation sites excluding steroid dienone is 2. The van der Waals surface area contributed by atoms with Gasteiger partial charge in [-0.2, -0.15) is 0 Å². The Labute approximate surface area is 172 Å². The zero-order valence-electron chi connectivity index (χ0n) is 17.0. The fourth-order valence-corrected chi connectivity index (χ4v) is 4.47. The number of aromatic amines is 1. The molecule has 2 aliphatic heterocycles. The van der Waals surface area contributed by atoms with E-state index in [-0.39, 0.29) is 0 Å². The normalized spacial score (nSPS) is 19.8. The topological polar surface area (TPSA) is 49.5 Å². The number of aromatic nitrogens is 1. The van der Waals surface area contributed by atoms with E-state index in [1.807, 2.05) is 12.1 Å². The van der Waals surface area contributed by atoms with Crippen LogP contribution in [-0.2, 0) is 6.42 Å². The van der Waals surface area contributed by atoms with E-state index in [4.69, 9.17) is 9.47 Å². The maximum Gasteiger partial charge on any atom is 0.163 e. The Morgan fingerprint density at radius 3 is 2.76 bits per heavy atom. The number of piperidine rings is 1. The van der Waals surface area contributed by atoms with Crippen LogP contribution in [0.1, 0.15) is 42.0 Å². The molecule has 3 aliphatic rings. The number of hydrogen-bond donors (Lipinski definition) is 2. The van der Waals surface area contributed by atoms with Crippen molar-refractivity contribution in [2.24, 2.45) is 0 Å². The van der Waals surface area contributed by atoms with Gasteiger partial charge in [0.05, 0.1) is 13.2 Å². The summed E-state index contributed by atoms with van der Waals surface area (Å²) >= 11 is 0. The van der Waals surface area contributed by atoms with Crippen LogP contribution in [0.2, 0.25) is 0 Å². The maximum absolute atomic E-state index is 5.82. The lowest BCUT2D eigenvalue weighted by Crippen LogP contribution is -2.29. The second kappa shape index (κ2) is 7.99. The smallest absolute Gasteiger partial charge is 0.163 e. The molecule has 0 amide bonds. The van der Waals surface area contributed by atoms with Gasteiger partial charge in [0, 0.05) is 42.2 Å². The summed E-state index contributed by atoms with van der Waals surface area (Å²) < 4.78 is 11.6. The Bertz CT molecular complexity index is 936. The summed E-state index contributed by atoms with van der Waals surface area (Å²) in [6.45, 7) is 3.78. The maximum atomic E-state index is 5.82. The Morgan fingerprint density at radius 1 is 1.07 bits per heavy atom. The third-order valence-electron chi connectivity index (χ3n) is 6.19. The Morgan fingerprint density at radius 2 is 1.90 bits per heavy atom. The number of nitrogens with zero attached hydrogens (tertiary/aromatic N) is 1. The lowest BCUT2D eigenvalue weighted by molar-refractivity contribution is 0.255. The number of ether oxygens (including phenoxy) is 2. The fourth-order valence-electron chi connectivity index (χ4n) is 4.47. The molecule has 0 bridgehead atoms. The molecule has 1 aromatic carbocycles. The van der Waals surface area contributed by atoms with Gasteiger partial charge in [0.1, 0.15) is 0 Å². The predicted octanol–water partition coefficient (Wildman–Crippen LogP) is 4.55. The summed E-state index contributed by atoms with van der Waals surface area (Å²) in [6.07, 6.45) is 13.3. The largest absolute Gasteiger partial charge is 0.490 e. The molecule has 2 aromatic rings. The van der Waals surface area contributed by atoms with Gasteiger partial charge in [-0.3, -0.25) is 0 Å². The Balaban J connectivity index is 1.32. The first-order chi connectivity index (χ1) is 14.3. The highest BCUT2D eigenvalue weighted by atomic mass is 16.5. The summed E-state index contributed by atoms with van der Waals surface area (Å²) in [5, 5.41) is 3.54. The van der Waals surface area contributed by atoms with Crippen molar-refractivity contribution in [2.75, 3.05) is 38.7 Å². The molecule has 1 aromatic heterocycles. The molecule has 3 heterocycles. The molecule has 1 saturated heterocycles. The highest BCUT2D eigenvalue weighted by Crippen LogP contribution is 2.35. The molecule has 2 N–H and O–H groups in total. The lowest BCUT2D eigenvalue weighted by Gasteiger charge is -2.29. The first-order valence-electron chi connectivity index (χ1n) is 10.7. The third kappa shape index (κ3) is 3.92. The summed E-state index contributed by atoms with van der Waals surface area (Å²) in [7, 11) is 2.22. The second-order valence-electron chi connectivity index (χ2n) is 8.25. The van der Waals surface area contributed by atoms with E-state index >= 15 is 0 Å². The standard InChI is InChI=1S/C24H29N3O2/c1-27-11-9-17(10-12-27)21-16-25-22-7-4-18(3-6-20(21)22)26-19-5-8-23-24(15-19)29-14-2-13-28-23/h3-6,8,15-17,25-26H,2,7,9-14H2,1H3. The van der Waals surface area contributed by atoms with Gasteiger partial charge in [0.25, 0.3) is 0 Å². The molecule has 152 valence electrons. The average molecular weight is 392 g/mol. The predicted molar refractivity (Wildman–Crippen MR) is 117 cm³/mol. The summed E-state index contributed by atoms with van der Waals surface area (Å²) in [5.41, 5.74) is 6.30. The molecule has 1 aliphatic carbocycles. The zero-order chi connectivity index (χ0) is 19.6. The van der Waals surface area contributed by atoms with Crippen LogP contribution in [0.3, 0.4) is 0 Å². The van der Waals surface area contributed by atoms with E-state index < -0.39 is 0 Å². The number of likely N-dealkylation sites (tertiary alicyclic amines) is 1. The SMILES string of the molecule is CN1CCC(c2c[nH]c3c2C=CC(Nc2ccc4c(c2)OCCCO4)=CC3)CC1. The molecule has 5 heteroatoms.